The number of rotatable bonds is 11. The summed E-state index contributed by atoms with van der Waals surface area (Å²) in [5.41, 5.74) is 4.87. The molecule has 4 aromatic carbocycles. The molecule has 0 aromatic heterocycles. The van der Waals surface area contributed by atoms with Crippen LogP contribution in [0.4, 0.5) is 0 Å². The molecule has 0 aliphatic carbocycles. The molecule has 312 valence electrons. The smallest absolute Gasteiger partial charge is 0.328 e. The van der Waals surface area contributed by atoms with Gasteiger partial charge in [0.2, 0.25) is 11.8 Å². The molecular weight excluding hydrogens is 721 g/mol. The van der Waals surface area contributed by atoms with Crippen LogP contribution in [0.3, 0.4) is 0 Å². The van der Waals surface area contributed by atoms with E-state index in [4.69, 9.17) is 9.47 Å². The quantitative estimate of drug-likeness (QED) is 0.112. The normalized spacial score (nSPS) is 18.1. The third-order valence-corrected chi connectivity index (χ3v) is 11.7. The van der Waals surface area contributed by atoms with Gasteiger partial charge in [0.15, 0.2) is 0 Å². The third kappa shape index (κ3) is 11.7. The Bertz CT molecular complexity index is 1940. The minimum Gasteiger partial charge on any atom is -0.496 e. The van der Waals surface area contributed by atoms with Crippen molar-refractivity contribution in [2.45, 2.75) is 132 Å². The van der Waals surface area contributed by atoms with E-state index in [0.29, 0.717) is 26.2 Å². The number of amides is 2. The summed E-state index contributed by atoms with van der Waals surface area (Å²) in [7, 11) is 0. The lowest BCUT2D eigenvalue weighted by Crippen LogP contribution is -2.43. The first-order valence-corrected chi connectivity index (χ1v) is 21.4. The summed E-state index contributed by atoms with van der Waals surface area (Å²) < 4.78 is 11.5. The molecule has 0 saturated carbocycles. The number of esters is 1. The van der Waals surface area contributed by atoms with Crippen molar-refractivity contribution in [2.24, 2.45) is 10.8 Å². The Morgan fingerprint density at radius 2 is 1.02 bits per heavy atom. The summed E-state index contributed by atoms with van der Waals surface area (Å²) in [6, 6.07) is 24.9. The summed E-state index contributed by atoms with van der Waals surface area (Å²) in [4.78, 5) is 42.8. The van der Waals surface area contributed by atoms with Crippen LogP contribution in [-0.2, 0) is 23.9 Å². The summed E-state index contributed by atoms with van der Waals surface area (Å²) >= 11 is 0. The molecule has 2 aliphatic heterocycles. The van der Waals surface area contributed by atoms with Gasteiger partial charge in [-0.1, -0.05) is 132 Å². The van der Waals surface area contributed by atoms with Crippen LogP contribution < -0.4 is 0 Å². The van der Waals surface area contributed by atoms with Crippen molar-refractivity contribution in [1.29, 1.82) is 0 Å². The summed E-state index contributed by atoms with van der Waals surface area (Å²) in [5, 5.41) is 4.70. The van der Waals surface area contributed by atoms with E-state index in [9.17, 15) is 14.4 Å². The first-order valence-electron chi connectivity index (χ1n) is 21.4. The fraction of sp³-hybridized carbons (Fsp3) is 0.510. The van der Waals surface area contributed by atoms with Gasteiger partial charge in [-0.05, 0) is 110 Å². The minimum atomic E-state index is -0.451. The van der Waals surface area contributed by atoms with E-state index in [1.807, 2.05) is 24.8 Å². The standard InChI is InChI=1S/C26H35NO2.C25H33NO3/c1-18-9-10-23-17-21(11-12-22(23)16-18)19(2)25(28)27-14-7-8-24(27)20(3)29-15-13-26(4,5)6;1-17-8-9-21-16-19(10-11-20(21)15-17)18(2)23(27)26-13-6-7-22(26)24(28)29-14-12-25(3,4)5/h9-12,16-17,19,24H,3,7-8,13-15H2,1-2,4-6H3;8-11,15-16,18,22H,6-7,12-14H2,1-5H3/t19-,24?;18-,22-/m00/s1. The maximum Gasteiger partial charge on any atom is 0.328 e. The SMILES string of the molecule is C=C(OCCC(C)(C)C)C1CCCN1C(=O)[C@@H](C)c1ccc2cc(C)ccc2c1.Cc1ccc2cc([C@H](C)C(=O)N3CCC[C@H]3C(=O)OCCC(C)(C)C)ccc2c1. The Kier molecular flexibility index (Phi) is 14.5. The van der Waals surface area contributed by atoms with Crippen LogP contribution in [0.5, 0.6) is 0 Å². The van der Waals surface area contributed by atoms with Gasteiger partial charge in [0, 0.05) is 13.1 Å². The number of hydrogen-bond acceptors (Lipinski definition) is 5. The Morgan fingerprint density at radius 3 is 1.48 bits per heavy atom. The number of fused-ring (bicyclic) bond motifs is 2. The second kappa shape index (κ2) is 18.9. The molecule has 0 bridgehead atoms. The molecule has 0 spiro atoms. The third-order valence-electron chi connectivity index (χ3n) is 11.7. The molecular formula is C51H68N2O5. The highest BCUT2D eigenvalue weighted by Gasteiger charge is 2.38. The van der Waals surface area contributed by atoms with E-state index >= 15 is 0 Å². The average Bonchev–Trinajstić information content (AvgIpc) is 3.87. The van der Waals surface area contributed by atoms with E-state index in [1.54, 1.807) is 4.90 Å². The molecule has 4 atom stereocenters. The Hall–Kier alpha value is -4.65. The van der Waals surface area contributed by atoms with Crippen molar-refractivity contribution in [3.63, 3.8) is 0 Å². The highest BCUT2D eigenvalue weighted by Crippen LogP contribution is 2.32. The lowest BCUT2D eigenvalue weighted by Gasteiger charge is -2.29. The van der Waals surface area contributed by atoms with Crippen molar-refractivity contribution < 1.29 is 23.9 Å². The monoisotopic (exact) mass is 789 g/mol. The predicted molar refractivity (Wildman–Crippen MR) is 238 cm³/mol. The van der Waals surface area contributed by atoms with Gasteiger partial charge in [0.05, 0.1) is 31.1 Å². The van der Waals surface area contributed by atoms with E-state index in [2.05, 4.69) is 129 Å². The number of aryl methyl sites for hydroxylation is 2. The molecule has 58 heavy (non-hydrogen) atoms. The van der Waals surface area contributed by atoms with Gasteiger partial charge in [-0.2, -0.15) is 0 Å². The summed E-state index contributed by atoms with van der Waals surface area (Å²) in [6.07, 6.45) is 5.25. The van der Waals surface area contributed by atoms with Gasteiger partial charge in [-0.3, -0.25) is 9.59 Å². The number of benzene rings is 4. The Labute approximate surface area is 348 Å². The molecule has 0 N–H and O–H groups in total. The predicted octanol–water partition coefficient (Wildman–Crippen LogP) is 11.4. The topological polar surface area (TPSA) is 76.2 Å². The van der Waals surface area contributed by atoms with Crippen molar-refractivity contribution >= 4 is 39.3 Å². The molecule has 2 aliphatic rings. The van der Waals surface area contributed by atoms with Gasteiger partial charge in [-0.25, -0.2) is 4.79 Å². The fourth-order valence-corrected chi connectivity index (χ4v) is 7.87. The number of likely N-dealkylation sites (tertiary alicyclic amines) is 2. The van der Waals surface area contributed by atoms with Crippen molar-refractivity contribution in [3.05, 3.63) is 107 Å². The lowest BCUT2D eigenvalue weighted by molar-refractivity contribution is -0.154. The molecule has 4 aromatic rings. The number of ether oxygens (including phenoxy) is 2. The Balaban J connectivity index is 0.000000221. The first-order chi connectivity index (χ1) is 27.3. The zero-order chi connectivity index (χ0) is 42.4. The molecule has 6 rings (SSSR count). The van der Waals surface area contributed by atoms with Crippen LogP contribution in [0.25, 0.3) is 21.5 Å². The minimum absolute atomic E-state index is 0.00623. The number of carbonyl (C=O) groups excluding carboxylic acids is 3. The van der Waals surface area contributed by atoms with E-state index < -0.39 is 6.04 Å². The van der Waals surface area contributed by atoms with Crippen molar-refractivity contribution in [3.8, 4) is 0 Å². The highest BCUT2D eigenvalue weighted by atomic mass is 16.5. The molecule has 7 heteroatoms. The van der Waals surface area contributed by atoms with Gasteiger partial charge in [-0.15, -0.1) is 0 Å². The summed E-state index contributed by atoms with van der Waals surface area (Å²) in [5.74, 6) is 0.182. The highest BCUT2D eigenvalue weighted by molar-refractivity contribution is 5.91. The molecule has 2 heterocycles. The van der Waals surface area contributed by atoms with Crippen LogP contribution in [-0.4, -0.2) is 66.0 Å². The van der Waals surface area contributed by atoms with Crippen molar-refractivity contribution in [1.82, 2.24) is 9.80 Å². The molecule has 0 radical (unpaired) electrons. The molecule has 2 amide bonds. The largest absolute Gasteiger partial charge is 0.496 e. The van der Waals surface area contributed by atoms with Crippen LogP contribution in [0.2, 0.25) is 0 Å². The van der Waals surface area contributed by atoms with E-state index in [-0.39, 0.29) is 46.5 Å². The average molecular weight is 789 g/mol. The van der Waals surface area contributed by atoms with Gasteiger partial charge in [0.1, 0.15) is 11.8 Å². The number of hydrogen-bond donors (Lipinski definition) is 0. The zero-order valence-electron chi connectivity index (χ0n) is 37.0. The number of nitrogens with zero attached hydrogens (tertiary/aromatic N) is 2. The van der Waals surface area contributed by atoms with Gasteiger partial charge < -0.3 is 19.3 Å². The second-order valence-corrected chi connectivity index (χ2v) is 19.1. The fourth-order valence-electron chi connectivity index (χ4n) is 7.87. The first kappa shape index (κ1) is 44.5. The van der Waals surface area contributed by atoms with Crippen LogP contribution >= 0.6 is 0 Å². The van der Waals surface area contributed by atoms with Crippen molar-refractivity contribution in [2.75, 3.05) is 26.3 Å². The van der Waals surface area contributed by atoms with Gasteiger partial charge >= 0.3 is 5.97 Å². The molecule has 7 nitrogen and oxygen atoms in total. The molecule has 2 fully saturated rings. The maximum absolute atomic E-state index is 13.3. The second-order valence-electron chi connectivity index (χ2n) is 19.1. The number of carbonyl (C=O) groups is 3. The van der Waals surface area contributed by atoms with E-state index in [1.165, 1.54) is 27.3 Å². The van der Waals surface area contributed by atoms with Crippen LogP contribution in [0.15, 0.2) is 85.1 Å². The molecule has 1 unspecified atom stereocenters. The molecule has 2 saturated heterocycles. The van der Waals surface area contributed by atoms with E-state index in [0.717, 1.165) is 60.9 Å². The van der Waals surface area contributed by atoms with Crippen LogP contribution in [0.1, 0.15) is 128 Å². The lowest BCUT2D eigenvalue weighted by atomic mass is 9.93. The Morgan fingerprint density at radius 1 is 0.621 bits per heavy atom. The van der Waals surface area contributed by atoms with Gasteiger partial charge in [0.25, 0.3) is 0 Å². The zero-order valence-corrected chi connectivity index (χ0v) is 37.0. The van der Waals surface area contributed by atoms with Crippen LogP contribution in [0, 0.1) is 24.7 Å². The summed E-state index contributed by atoms with van der Waals surface area (Å²) in [6.45, 7) is 27.7. The maximum atomic E-state index is 13.3.